The Kier molecular flexibility index (Phi) is 4.14. The van der Waals surface area contributed by atoms with Crippen molar-refractivity contribution >= 4 is 34.1 Å². The quantitative estimate of drug-likeness (QED) is 0.800. The van der Waals surface area contributed by atoms with E-state index in [1.165, 1.54) is 22.0 Å². The molecule has 0 atom stereocenters. The van der Waals surface area contributed by atoms with Crippen molar-refractivity contribution in [3.8, 4) is 0 Å². The molecule has 8 heteroatoms. The Bertz CT molecular complexity index is 596. The number of thioether (sulfide) groups is 2. The van der Waals surface area contributed by atoms with Crippen LogP contribution in [-0.2, 0) is 0 Å². The van der Waals surface area contributed by atoms with Crippen molar-refractivity contribution in [3.63, 3.8) is 0 Å². The molecule has 2 aliphatic heterocycles. The van der Waals surface area contributed by atoms with Gasteiger partial charge in [-0.3, -0.25) is 0 Å². The summed E-state index contributed by atoms with van der Waals surface area (Å²) in [6.07, 6.45) is 3.46. The van der Waals surface area contributed by atoms with Crippen molar-refractivity contribution in [2.24, 2.45) is 20.6 Å². The number of nitrogens with zero attached hydrogens (tertiary/aromatic N) is 6. The number of benzene rings is 1. The molecular weight excluding hydrogens is 292 g/mol. The maximum Gasteiger partial charge on any atom is 0.130 e. The molecule has 0 spiro atoms. The van der Waals surface area contributed by atoms with E-state index in [0.717, 1.165) is 10.6 Å². The van der Waals surface area contributed by atoms with Crippen molar-refractivity contribution in [1.29, 1.82) is 0 Å². The van der Waals surface area contributed by atoms with Crippen molar-refractivity contribution in [2.75, 3.05) is 0 Å². The lowest BCUT2D eigenvalue weighted by Crippen LogP contribution is -2.10. The van der Waals surface area contributed by atoms with Crippen molar-refractivity contribution in [2.45, 2.75) is 0 Å². The molecule has 0 saturated heterocycles. The second kappa shape index (κ2) is 6.40. The van der Waals surface area contributed by atoms with Crippen molar-refractivity contribution in [1.82, 2.24) is 10.2 Å². The SMILES string of the molecule is C1=CN(/N=N/N2C=CSC(c3ccccc3)=N2)N=CS1. The van der Waals surface area contributed by atoms with Crippen LogP contribution in [0.2, 0.25) is 0 Å². The Hall–Kier alpha value is -2.06. The lowest BCUT2D eigenvalue weighted by Gasteiger charge is -2.14. The Labute approximate surface area is 124 Å². The van der Waals surface area contributed by atoms with Gasteiger partial charge in [0.05, 0.1) is 17.9 Å². The number of hydrogen-bond acceptors (Lipinski definition) is 6. The predicted octanol–water partition coefficient (Wildman–Crippen LogP) is 3.61. The molecule has 0 radical (unpaired) electrons. The highest BCUT2D eigenvalue weighted by Gasteiger charge is 2.09. The van der Waals surface area contributed by atoms with E-state index >= 15 is 0 Å². The van der Waals surface area contributed by atoms with Crippen LogP contribution >= 0.6 is 23.5 Å². The molecule has 0 aliphatic carbocycles. The summed E-state index contributed by atoms with van der Waals surface area (Å²) in [4.78, 5) is 0. The smallest absolute Gasteiger partial charge is 0.130 e. The Balaban J connectivity index is 1.72. The van der Waals surface area contributed by atoms with Gasteiger partial charge >= 0.3 is 0 Å². The molecule has 2 aliphatic rings. The van der Waals surface area contributed by atoms with Gasteiger partial charge in [-0.25, -0.2) is 0 Å². The van der Waals surface area contributed by atoms with E-state index in [-0.39, 0.29) is 0 Å². The second-order valence-corrected chi connectivity index (χ2v) is 5.29. The summed E-state index contributed by atoms with van der Waals surface area (Å²) in [7, 11) is 0. The molecule has 100 valence electrons. The molecule has 0 bridgehead atoms. The molecular formula is C12H10N6S2. The summed E-state index contributed by atoms with van der Waals surface area (Å²) < 4.78 is 0. The molecule has 0 amide bonds. The zero-order chi connectivity index (χ0) is 13.6. The van der Waals surface area contributed by atoms with Crippen molar-refractivity contribution in [3.05, 3.63) is 59.1 Å². The first-order valence-corrected chi connectivity index (χ1v) is 7.56. The third kappa shape index (κ3) is 3.28. The summed E-state index contributed by atoms with van der Waals surface area (Å²) >= 11 is 3.03. The fraction of sp³-hybridized carbons (Fsp3) is 0. The van der Waals surface area contributed by atoms with E-state index in [9.17, 15) is 0 Å². The van der Waals surface area contributed by atoms with E-state index in [1.54, 1.807) is 29.7 Å². The van der Waals surface area contributed by atoms with Gasteiger partial charge in [0.1, 0.15) is 5.04 Å². The molecule has 20 heavy (non-hydrogen) atoms. The summed E-state index contributed by atoms with van der Waals surface area (Å²) in [5.41, 5.74) is 2.73. The molecule has 0 saturated carbocycles. The molecule has 0 aromatic heterocycles. The van der Waals surface area contributed by atoms with Crippen molar-refractivity contribution < 1.29 is 0 Å². The van der Waals surface area contributed by atoms with Gasteiger partial charge in [-0.2, -0.15) is 5.10 Å². The van der Waals surface area contributed by atoms with E-state index in [4.69, 9.17) is 0 Å². The first-order valence-electron chi connectivity index (χ1n) is 5.74. The Morgan fingerprint density at radius 3 is 2.55 bits per heavy atom. The summed E-state index contributed by atoms with van der Waals surface area (Å²) in [5, 5.41) is 23.8. The zero-order valence-electron chi connectivity index (χ0n) is 10.3. The highest BCUT2D eigenvalue weighted by atomic mass is 32.2. The molecule has 0 N–H and O–H groups in total. The monoisotopic (exact) mass is 302 g/mol. The van der Waals surface area contributed by atoms with E-state index < -0.39 is 0 Å². The summed E-state index contributed by atoms with van der Waals surface area (Å²) in [6, 6.07) is 9.95. The second-order valence-electron chi connectivity index (χ2n) is 3.64. The topological polar surface area (TPSA) is 55.9 Å². The highest BCUT2D eigenvalue weighted by Crippen LogP contribution is 2.21. The average molecular weight is 302 g/mol. The molecule has 0 fully saturated rings. The largest absolute Gasteiger partial charge is 0.150 e. The van der Waals surface area contributed by atoms with Gasteiger partial charge in [0.25, 0.3) is 0 Å². The maximum atomic E-state index is 4.39. The first-order chi connectivity index (χ1) is 9.92. The third-order valence-electron chi connectivity index (χ3n) is 2.31. The minimum atomic E-state index is 0.875. The van der Waals surface area contributed by atoms with Gasteiger partial charge in [-0.15, -0.1) is 15.3 Å². The zero-order valence-corrected chi connectivity index (χ0v) is 11.9. The van der Waals surface area contributed by atoms with Gasteiger partial charge in [0, 0.05) is 5.56 Å². The maximum absolute atomic E-state index is 4.39. The molecule has 2 heterocycles. The van der Waals surface area contributed by atoms with Gasteiger partial charge in [0.15, 0.2) is 0 Å². The number of hydrazone groups is 2. The molecule has 6 nitrogen and oxygen atoms in total. The van der Waals surface area contributed by atoms with Gasteiger partial charge < -0.3 is 0 Å². The molecule has 3 rings (SSSR count). The van der Waals surface area contributed by atoms with Crippen LogP contribution in [0.4, 0.5) is 0 Å². The fourth-order valence-corrected chi connectivity index (χ4v) is 2.53. The highest BCUT2D eigenvalue weighted by molar-refractivity contribution is 8.17. The number of rotatable bonds is 3. The first kappa shape index (κ1) is 12.9. The van der Waals surface area contributed by atoms with Crippen LogP contribution in [0.3, 0.4) is 0 Å². The van der Waals surface area contributed by atoms with Crippen LogP contribution < -0.4 is 0 Å². The number of hydrogen-bond donors (Lipinski definition) is 0. The van der Waals surface area contributed by atoms with Crippen LogP contribution in [0.1, 0.15) is 5.56 Å². The fourth-order valence-electron chi connectivity index (χ4n) is 1.43. The summed E-state index contributed by atoms with van der Waals surface area (Å²) in [6.45, 7) is 0. The van der Waals surface area contributed by atoms with Crippen LogP contribution in [0.5, 0.6) is 0 Å². The lowest BCUT2D eigenvalue weighted by molar-refractivity contribution is 0.306. The van der Waals surface area contributed by atoms with Crippen LogP contribution in [0.25, 0.3) is 0 Å². The average Bonchev–Trinajstić information content (AvgIpc) is 2.55. The minimum absolute atomic E-state index is 0.875. The molecule has 1 aromatic rings. The van der Waals surface area contributed by atoms with E-state index in [2.05, 4.69) is 20.6 Å². The summed E-state index contributed by atoms with van der Waals surface area (Å²) in [5.74, 6) is 0. The van der Waals surface area contributed by atoms with Gasteiger partial charge in [-0.1, -0.05) is 53.9 Å². The van der Waals surface area contributed by atoms with E-state index in [0.29, 0.717) is 0 Å². The third-order valence-corrected chi connectivity index (χ3v) is 3.60. The molecule has 0 unspecified atom stereocenters. The molecule has 1 aromatic carbocycles. The van der Waals surface area contributed by atoms with Gasteiger partial charge in [0.2, 0.25) is 0 Å². The Morgan fingerprint density at radius 1 is 0.950 bits per heavy atom. The van der Waals surface area contributed by atoms with Crippen LogP contribution in [0, 0.1) is 0 Å². The Morgan fingerprint density at radius 2 is 1.75 bits per heavy atom. The standard InChI is InChI=1S/C12H10N6S2/c1-2-4-11(5-3-1)12-14-18(7-9-20-12)16-15-17-6-8-19-10-13-17/h1-10H/b16-15+. The van der Waals surface area contributed by atoms with Gasteiger partial charge in [-0.05, 0) is 21.3 Å². The predicted molar refractivity (Wildman–Crippen MR) is 83.5 cm³/mol. The van der Waals surface area contributed by atoms with Crippen LogP contribution in [0.15, 0.2) is 74.2 Å². The minimum Gasteiger partial charge on any atom is -0.150 e. The van der Waals surface area contributed by atoms with Crippen LogP contribution in [-0.4, -0.2) is 20.8 Å². The normalized spacial score (nSPS) is 17.9. The van der Waals surface area contributed by atoms with E-state index in [1.807, 2.05) is 41.1 Å². The lowest BCUT2D eigenvalue weighted by atomic mass is 10.2.